The normalized spacial score (nSPS) is 46.6. The lowest BCUT2D eigenvalue weighted by molar-refractivity contribution is -0.193. The van der Waals surface area contributed by atoms with E-state index in [1.807, 2.05) is 6.92 Å². The van der Waals surface area contributed by atoms with E-state index in [9.17, 15) is 4.79 Å². The van der Waals surface area contributed by atoms with Crippen molar-refractivity contribution < 1.29 is 19.0 Å². The molecule has 138 valence electrons. The summed E-state index contributed by atoms with van der Waals surface area (Å²) in [4.78, 5) is 12.4. The maximum atomic E-state index is 12.4. The topological polar surface area (TPSA) is 44.8 Å². The molecule has 1 aliphatic carbocycles. The third-order valence-corrected chi connectivity index (χ3v) is 7.48. The minimum absolute atomic E-state index is 0.101. The van der Waals surface area contributed by atoms with Crippen LogP contribution in [0.3, 0.4) is 0 Å². The molecule has 0 radical (unpaired) electrons. The monoisotopic (exact) mass is 346 g/mol. The van der Waals surface area contributed by atoms with E-state index in [0.717, 1.165) is 43.3 Å². The summed E-state index contributed by atoms with van der Waals surface area (Å²) in [5.74, 6) is -0.780. The Morgan fingerprint density at radius 3 is 2.72 bits per heavy atom. The number of carbonyl (C=O) groups is 1. The third-order valence-electron chi connectivity index (χ3n) is 7.48. The van der Waals surface area contributed by atoms with Crippen molar-refractivity contribution in [1.82, 2.24) is 0 Å². The molecule has 25 heavy (non-hydrogen) atoms. The predicted octanol–water partition coefficient (Wildman–Crippen LogP) is 4.30. The van der Waals surface area contributed by atoms with E-state index in [4.69, 9.17) is 14.2 Å². The van der Waals surface area contributed by atoms with E-state index < -0.39 is 5.79 Å². The Balaban J connectivity index is 1.83. The van der Waals surface area contributed by atoms with Crippen molar-refractivity contribution in [2.75, 3.05) is 7.11 Å². The van der Waals surface area contributed by atoms with Crippen molar-refractivity contribution in [1.29, 1.82) is 0 Å². The number of rotatable bonds is 1. The van der Waals surface area contributed by atoms with Crippen LogP contribution in [0.5, 0.6) is 0 Å². The lowest BCUT2D eigenvalue weighted by Gasteiger charge is -2.44. The van der Waals surface area contributed by atoms with Crippen molar-refractivity contribution >= 4 is 5.97 Å². The summed E-state index contributed by atoms with van der Waals surface area (Å²) in [7, 11) is 1.66. The number of carbonyl (C=O) groups excluding carboxylic acids is 1. The number of ether oxygens (including phenoxy) is 3. The molecule has 0 amide bonds. The van der Waals surface area contributed by atoms with Crippen LogP contribution in [0.25, 0.3) is 0 Å². The Hall–Kier alpha value is -1.13. The summed E-state index contributed by atoms with van der Waals surface area (Å²) in [6.07, 6.45) is 8.49. The number of allylic oxidation sites excluding steroid dienone is 1. The van der Waals surface area contributed by atoms with E-state index in [1.165, 1.54) is 5.57 Å². The first-order chi connectivity index (χ1) is 11.7. The Morgan fingerprint density at radius 2 is 2.00 bits per heavy atom. The molecule has 0 spiro atoms. The predicted molar refractivity (Wildman–Crippen MR) is 94.9 cm³/mol. The van der Waals surface area contributed by atoms with Gasteiger partial charge in [-0.3, -0.25) is 0 Å². The molecule has 0 N–H and O–H groups in total. The average Bonchev–Trinajstić information content (AvgIpc) is 3.12. The quantitative estimate of drug-likeness (QED) is 0.525. The molecular formula is C21H30O4. The highest BCUT2D eigenvalue weighted by atomic mass is 16.7. The summed E-state index contributed by atoms with van der Waals surface area (Å²) in [6.45, 7) is 8.65. The van der Waals surface area contributed by atoms with Gasteiger partial charge in [0, 0.05) is 24.7 Å². The van der Waals surface area contributed by atoms with Crippen LogP contribution in [0.2, 0.25) is 0 Å². The van der Waals surface area contributed by atoms with Crippen LogP contribution in [-0.2, 0) is 19.0 Å². The largest absolute Gasteiger partial charge is 0.425 e. The van der Waals surface area contributed by atoms with Gasteiger partial charge in [-0.1, -0.05) is 18.6 Å². The minimum atomic E-state index is -0.932. The van der Waals surface area contributed by atoms with Gasteiger partial charge >= 0.3 is 5.97 Å². The van der Waals surface area contributed by atoms with Crippen LogP contribution < -0.4 is 0 Å². The minimum Gasteiger partial charge on any atom is -0.425 e. The average molecular weight is 346 g/mol. The Bertz CT molecular complexity index is 677. The van der Waals surface area contributed by atoms with Crippen molar-refractivity contribution in [3.63, 3.8) is 0 Å². The molecular weight excluding hydrogens is 316 g/mol. The molecule has 3 heterocycles. The third kappa shape index (κ3) is 2.30. The molecule has 5 atom stereocenters. The molecule has 0 saturated carbocycles. The summed E-state index contributed by atoms with van der Waals surface area (Å²) in [5.41, 5.74) is 3.02. The van der Waals surface area contributed by atoms with Gasteiger partial charge in [-0.05, 0) is 64.2 Å². The van der Waals surface area contributed by atoms with Crippen molar-refractivity contribution in [2.45, 2.75) is 83.7 Å². The van der Waals surface area contributed by atoms with Crippen LogP contribution in [0.1, 0.15) is 66.2 Å². The molecule has 4 nitrogen and oxygen atoms in total. The molecule has 2 bridgehead atoms. The summed E-state index contributed by atoms with van der Waals surface area (Å²) >= 11 is 0. The molecule has 5 unspecified atom stereocenters. The number of hydrogen-bond donors (Lipinski definition) is 0. The molecule has 3 aliphatic heterocycles. The fourth-order valence-corrected chi connectivity index (χ4v) is 5.95. The second kappa shape index (κ2) is 5.43. The first kappa shape index (κ1) is 17.3. The lowest BCUT2D eigenvalue weighted by atomic mass is 9.58. The van der Waals surface area contributed by atoms with E-state index in [0.29, 0.717) is 18.4 Å². The maximum Gasteiger partial charge on any atom is 0.336 e. The molecule has 0 aromatic rings. The Kier molecular flexibility index (Phi) is 3.76. The molecule has 4 rings (SSSR count). The van der Waals surface area contributed by atoms with Gasteiger partial charge in [0.2, 0.25) is 5.79 Å². The van der Waals surface area contributed by atoms with E-state index in [1.54, 1.807) is 7.11 Å². The Morgan fingerprint density at radius 1 is 1.24 bits per heavy atom. The van der Waals surface area contributed by atoms with Crippen LogP contribution >= 0.6 is 0 Å². The Labute approximate surface area is 150 Å². The second-order valence-electron chi connectivity index (χ2n) is 8.94. The highest BCUT2D eigenvalue weighted by Gasteiger charge is 2.63. The van der Waals surface area contributed by atoms with Gasteiger partial charge in [0.15, 0.2) is 0 Å². The molecule has 0 aromatic heterocycles. The molecule has 0 aromatic carbocycles. The standard InChI is InChI=1S/C21H30O4/c1-13-7-6-9-19(3)16(20(4)10-8-17(19)24-20)11-15-14(2)18(22)25-21(15,12-13)23-5/h7,16-17H,6,8-12H2,1-5H3. The highest BCUT2D eigenvalue weighted by Crippen LogP contribution is 2.62. The fraction of sp³-hybridized carbons (Fsp3) is 0.762. The first-order valence-electron chi connectivity index (χ1n) is 9.56. The van der Waals surface area contributed by atoms with Gasteiger partial charge < -0.3 is 14.2 Å². The number of esters is 1. The van der Waals surface area contributed by atoms with Gasteiger partial charge in [0.25, 0.3) is 0 Å². The lowest BCUT2D eigenvalue weighted by Crippen LogP contribution is -2.45. The molecule has 2 fully saturated rings. The van der Waals surface area contributed by atoms with Crippen molar-refractivity contribution in [3.8, 4) is 0 Å². The van der Waals surface area contributed by atoms with E-state index >= 15 is 0 Å². The van der Waals surface area contributed by atoms with Crippen LogP contribution in [-0.4, -0.2) is 30.6 Å². The SMILES string of the molecule is COC12CC(C)=CCCC3(C)C4CCC(C)(O4)C3CC1=C(C)C(=O)O2. The second-order valence-corrected chi connectivity index (χ2v) is 8.94. The summed E-state index contributed by atoms with van der Waals surface area (Å²) in [6, 6.07) is 0. The fourth-order valence-electron chi connectivity index (χ4n) is 5.95. The van der Waals surface area contributed by atoms with Gasteiger partial charge in [-0.15, -0.1) is 0 Å². The van der Waals surface area contributed by atoms with E-state index in [-0.39, 0.29) is 17.0 Å². The smallest absolute Gasteiger partial charge is 0.336 e. The van der Waals surface area contributed by atoms with Crippen LogP contribution in [0.4, 0.5) is 0 Å². The van der Waals surface area contributed by atoms with Gasteiger partial charge in [-0.25, -0.2) is 4.79 Å². The van der Waals surface area contributed by atoms with Crippen molar-refractivity contribution in [2.24, 2.45) is 11.3 Å². The highest BCUT2D eigenvalue weighted by molar-refractivity contribution is 5.92. The zero-order valence-corrected chi connectivity index (χ0v) is 16.1. The van der Waals surface area contributed by atoms with Crippen LogP contribution in [0.15, 0.2) is 22.8 Å². The number of fused-ring (bicyclic) bond motifs is 6. The molecule has 2 saturated heterocycles. The van der Waals surface area contributed by atoms with Gasteiger partial charge in [0.05, 0.1) is 11.7 Å². The molecule has 4 heteroatoms. The van der Waals surface area contributed by atoms with Gasteiger partial charge in [0.1, 0.15) is 0 Å². The summed E-state index contributed by atoms with van der Waals surface area (Å²) < 4.78 is 18.1. The molecule has 4 aliphatic rings. The number of hydrogen-bond acceptors (Lipinski definition) is 4. The van der Waals surface area contributed by atoms with Crippen LogP contribution in [0, 0.1) is 11.3 Å². The zero-order valence-electron chi connectivity index (χ0n) is 16.1. The van der Waals surface area contributed by atoms with Gasteiger partial charge in [-0.2, -0.15) is 0 Å². The van der Waals surface area contributed by atoms with E-state index in [2.05, 4.69) is 26.8 Å². The summed E-state index contributed by atoms with van der Waals surface area (Å²) in [5, 5.41) is 0. The first-order valence-corrected chi connectivity index (χ1v) is 9.56. The van der Waals surface area contributed by atoms with Crippen molar-refractivity contribution in [3.05, 3.63) is 22.8 Å². The maximum absolute atomic E-state index is 12.4. The zero-order chi connectivity index (χ0) is 18.0. The number of methoxy groups -OCH3 is 1.